The maximum Gasteiger partial charge on any atom is 0.276 e. The molecule has 1 aromatic heterocycles. The summed E-state index contributed by atoms with van der Waals surface area (Å²) in [4.78, 5) is 0. The normalized spacial score (nSPS) is 13.2. The third-order valence-corrected chi connectivity index (χ3v) is 2.40. The molecule has 4 nitrogen and oxygen atoms in total. The van der Waals surface area contributed by atoms with Gasteiger partial charge in [-0.15, -0.1) is 21.8 Å². The third kappa shape index (κ3) is 3.00. The Hall–Kier alpha value is -0.260. The summed E-state index contributed by atoms with van der Waals surface area (Å²) in [5.41, 5.74) is 0. The molecule has 0 aromatic carbocycles. The summed E-state index contributed by atoms with van der Waals surface area (Å²) in [7, 11) is 0. The maximum atomic E-state index is 9.08. The molecule has 1 atom stereocenters. The van der Waals surface area contributed by atoms with Crippen molar-refractivity contribution < 1.29 is 9.52 Å². The van der Waals surface area contributed by atoms with E-state index in [-0.39, 0.29) is 5.88 Å². The van der Waals surface area contributed by atoms with E-state index in [1.54, 1.807) is 6.92 Å². The fourth-order valence-corrected chi connectivity index (χ4v) is 1.52. The molecule has 0 aliphatic rings. The zero-order valence-corrected chi connectivity index (χ0v) is 8.10. The Morgan fingerprint density at radius 1 is 1.67 bits per heavy atom. The van der Waals surface area contributed by atoms with Gasteiger partial charge in [0.25, 0.3) is 5.22 Å². The number of nitrogens with zero attached hydrogens (tertiary/aromatic N) is 2. The highest BCUT2D eigenvalue weighted by atomic mass is 35.5. The SMILES string of the molecule is Cc1nnc(SCC(O)CCl)o1. The summed E-state index contributed by atoms with van der Waals surface area (Å²) in [5, 5.41) is 16.9. The minimum Gasteiger partial charge on any atom is -0.416 e. The Bertz CT molecular complexity index is 243. The second kappa shape index (κ2) is 4.69. The molecule has 1 aromatic rings. The quantitative estimate of drug-likeness (QED) is 0.593. The van der Waals surface area contributed by atoms with Crippen molar-refractivity contribution in [2.24, 2.45) is 0 Å². The lowest BCUT2D eigenvalue weighted by atomic mass is 10.5. The molecule has 0 aliphatic carbocycles. The number of aliphatic hydroxyl groups excluding tert-OH is 1. The molecule has 0 saturated heterocycles. The molecule has 1 heterocycles. The summed E-state index contributed by atoms with van der Waals surface area (Å²) >= 11 is 6.69. The van der Waals surface area contributed by atoms with Gasteiger partial charge in [-0.25, -0.2) is 0 Å². The van der Waals surface area contributed by atoms with E-state index in [0.29, 0.717) is 16.9 Å². The minimum absolute atomic E-state index is 0.222. The van der Waals surface area contributed by atoms with Crippen LogP contribution in [0.2, 0.25) is 0 Å². The lowest BCUT2D eigenvalue weighted by molar-refractivity contribution is 0.223. The van der Waals surface area contributed by atoms with Crippen LogP contribution in [0, 0.1) is 6.92 Å². The van der Waals surface area contributed by atoms with Crippen molar-refractivity contribution >= 4 is 23.4 Å². The van der Waals surface area contributed by atoms with Crippen LogP contribution in [-0.2, 0) is 0 Å². The number of aliphatic hydroxyl groups is 1. The van der Waals surface area contributed by atoms with E-state index >= 15 is 0 Å². The smallest absolute Gasteiger partial charge is 0.276 e. The van der Waals surface area contributed by atoms with Gasteiger partial charge in [0, 0.05) is 18.6 Å². The summed E-state index contributed by atoms with van der Waals surface area (Å²) < 4.78 is 5.06. The van der Waals surface area contributed by atoms with Gasteiger partial charge in [-0.3, -0.25) is 0 Å². The van der Waals surface area contributed by atoms with E-state index in [0.717, 1.165) is 0 Å². The Morgan fingerprint density at radius 3 is 2.92 bits per heavy atom. The van der Waals surface area contributed by atoms with Crippen molar-refractivity contribution in [2.45, 2.75) is 18.3 Å². The molecule has 1 rings (SSSR count). The molecule has 12 heavy (non-hydrogen) atoms. The van der Waals surface area contributed by atoms with Crippen LogP contribution in [0.1, 0.15) is 5.89 Å². The van der Waals surface area contributed by atoms with Crippen LogP contribution >= 0.6 is 23.4 Å². The average molecular weight is 209 g/mol. The van der Waals surface area contributed by atoms with Crippen LogP contribution in [0.25, 0.3) is 0 Å². The van der Waals surface area contributed by atoms with Crippen LogP contribution in [0.15, 0.2) is 9.64 Å². The number of hydrogen-bond acceptors (Lipinski definition) is 5. The fraction of sp³-hybridized carbons (Fsp3) is 0.667. The van der Waals surface area contributed by atoms with Gasteiger partial charge < -0.3 is 9.52 Å². The Labute approximate surface area is 79.3 Å². The van der Waals surface area contributed by atoms with E-state index in [9.17, 15) is 0 Å². The zero-order chi connectivity index (χ0) is 8.97. The van der Waals surface area contributed by atoms with Gasteiger partial charge in [-0.1, -0.05) is 11.8 Å². The summed E-state index contributed by atoms with van der Waals surface area (Å²) in [6.45, 7) is 1.72. The highest BCUT2D eigenvalue weighted by Crippen LogP contribution is 2.16. The number of aryl methyl sites for hydroxylation is 1. The molecule has 0 fully saturated rings. The largest absolute Gasteiger partial charge is 0.416 e. The van der Waals surface area contributed by atoms with Gasteiger partial charge in [0.1, 0.15) is 0 Å². The average Bonchev–Trinajstić information content (AvgIpc) is 2.47. The van der Waals surface area contributed by atoms with Crippen LogP contribution in [-0.4, -0.2) is 33.0 Å². The van der Waals surface area contributed by atoms with Crippen molar-refractivity contribution in [3.8, 4) is 0 Å². The predicted octanol–water partition coefficient (Wildman–Crippen LogP) is 1.07. The predicted molar refractivity (Wildman–Crippen MR) is 46.5 cm³/mol. The van der Waals surface area contributed by atoms with Crippen molar-refractivity contribution in [1.29, 1.82) is 0 Å². The molecule has 0 bridgehead atoms. The zero-order valence-electron chi connectivity index (χ0n) is 6.53. The highest BCUT2D eigenvalue weighted by molar-refractivity contribution is 7.99. The number of thioether (sulfide) groups is 1. The monoisotopic (exact) mass is 208 g/mol. The van der Waals surface area contributed by atoms with Gasteiger partial charge in [-0.05, 0) is 0 Å². The van der Waals surface area contributed by atoms with E-state index in [4.69, 9.17) is 21.1 Å². The van der Waals surface area contributed by atoms with Gasteiger partial charge in [0.05, 0.1) is 6.10 Å². The molecule has 6 heteroatoms. The van der Waals surface area contributed by atoms with Gasteiger partial charge >= 0.3 is 0 Å². The van der Waals surface area contributed by atoms with Crippen molar-refractivity contribution in [3.63, 3.8) is 0 Å². The van der Waals surface area contributed by atoms with Gasteiger partial charge in [0.2, 0.25) is 5.89 Å². The topological polar surface area (TPSA) is 59.2 Å². The molecule has 0 amide bonds. The van der Waals surface area contributed by atoms with Gasteiger partial charge in [0.15, 0.2) is 0 Å². The fourth-order valence-electron chi connectivity index (χ4n) is 0.549. The number of rotatable bonds is 4. The summed E-state index contributed by atoms with van der Waals surface area (Å²) in [6.07, 6.45) is -0.524. The molecular weight excluding hydrogens is 200 g/mol. The Kier molecular flexibility index (Phi) is 3.84. The first-order chi connectivity index (χ1) is 5.72. The molecule has 68 valence electrons. The second-order valence-electron chi connectivity index (χ2n) is 2.21. The maximum absolute atomic E-state index is 9.08. The van der Waals surface area contributed by atoms with E-state index in [1.165, 1.54) is 11.8 Å². The first-order valence-corrected chi connectivity index (χ1v) is 4.91. The Morgan fingerprint density at radius 2 is 2.42 bits per heavy atom. The lowest BCUT2D eigenvalue weighted by Gasteiger charge is -2.01. The summed E-state index contributed by atoms with van der Waals surface area (Å²) in [6, 6.07) is 0. The van der Waals surface area contributed by atoms with Crippen molar-refractivity contribution in [1.82, 2.24) is 10.2 Å². The Balaban J connectivity index is 2.33. The van der Waals surface area contributed by atoms with Crippen molar-refractivity contribution in [3.05, 3.63) is 5.89 Å². The molecule has 1 unspecified atom stereocenters. The first-order valence-electron chi connectivity index (χ1n) is 3.39. The summed E-state index contributed by atoms with van der Waals surface area (Å²) in [5.74, 6) is 1.23. The van der Waals surface area contributed by atoms with E-state index in [2.05, 4.69) is 10.2 Å². The van der Waals surface area contributed by atoms with Crippen LogP contribution in [0.5, 0.6) is 0 Å². The standard InChI is InChI=1S/C6H9ClN2O2S/c1-4-8-9-6(11-4)12-3-5(10)2-7/h5,10H,2-3H2,1H3. The lowest BCUT2D eigenvalue weighted by Crippen LogP contribution is -2.10. The minimum atomic E-state index is -0.524. The first kappa shape index (κ1) is 9.83. The number of aromatic nitrogens is 2. The van der Waals surface area contributed by atoms with Crippen LogP contribution < -0.4 is 0 Å². The molecule has 1 N–H and O–H groups in total. The van der Waals surface area contributed by atoms with Gasteiger partial charge in [-0.2, -0.15) is 0 Å². The molecular formula is C6H9ClN2O2S. The van der Waals surface area contributed by atoms with Crippen LogP contribution in [0.4, 0.5) is 0 Å². The molecule has 0 radical (unpaired) electrons. The number of alkyl halides is 1. The molecule has 0 saturated carbocycles. The molecule has 0 aliphatic heterocycles. The van der Waals surface area contributed by atoms with E-state index in [1.807, 2.05) is 0 Å². The third-order valence-electron chi connectivity index (χ3n) is 1.08. The highest BCUT2D eigenvalue weighted by Gasteiger charge is 2.07. The van der Waals surface area contributed by atoms with Crippen molar-refractivity contribution in [2.75, 3.05) is 11.6 Å². The number of halogens is 1. The van der Waals surface area contributed by atoms with E-state index < -0.39 is 6.10 Å². The second-order valence-corrected chi connectivity index (χ2v) is 3.49. The number of hydrogen-bond donors (Lipinski definition) is 1. The van der Waals surface area contributed by atoms with Crippen LogP contribution in [0.3, 0.4) is 0 Å². The molecule has 0 spiro atoms.